The van der Waals surface area contributed by atoms with Gasteiger partial charge in [0.05, 0.1) is 16.2 Å². The smallest absolute Gasteiger partial charge is 0.274 e. The van der Waals surface area contributed by atoms with Crippen molar-refractivity contribution in [1.29, 1.82) is 0 Å². The van der Waals surface area contributed by atoms with Crippen LogP contribution in [0.4, 0.5) is 17.1 Å². The van der Waals surface area contributed by atoms with Gasteiger partial charge in [0.2, 0.25) is 5.91 Å². The molecule has 2 amide bonds. The highest BCUT2D eigenvalue weighted by atomic mass is 32.2. The molecule has 0 unspecified atom stereocenters. The van der Waals surface area contributed by atoms with Crippen LogP contribution in [0.2, 0.25) is 0 Å². The molecule has 1 aliphatic rings. The highest BCUT2D eigenvalue weighted by molar-refractivity contribution is 8.00. The lowest BCUT2D eigenvalue weighted by atomic mass is 10.1. The van der Waals surface area contributed by atoms with E-state index in [1.54, 1.807) is 42.2 Å². The first kappa shape index (κ1) is 21.6. The molecule has 1 aliphatic heterocycles. The Morgan fingerprint density at radius 2 is 1.84 bits per heavy atom. The van der Waals surface area contributed by atoms with Crippen LogP contribution in [-0.2, 0) is 11.2 Å². The first-order valence-corrected chi connectivity index (χ1v) is 11.1. The number of para-hydroxylation sites is 1. The molecule has 4 rings (SSSR count). The number of fused-ring (bicyclic) bond motifs is 1. The van der Waals surface area contributed by atoms with Gasteiger partial charge in [-0.15, -0.1) is 11.8 Å². The molecule has 1 heterocycles. The predicted molar refractivity (Wildman–Crippen MR) is 125 cm³/mol. The molecule has 0 radical (unpaired) electrons. The van der Waals surface area contributed by atoms with Gasteiger partial charge in [-0.25, -0.2) is 0 Å². The average Bonchev–Trinajstić information content (AvgIpc) is 3.23. The number of nitro groups is 1. The molecule has 8 heteroatoms. The van der Waals surface area contributed by atoms with E-state index in [9.17, 15) is 19.7 Å². The summed E-state index contributed by atoms with van der Waals surface area (Å²) in [5.41, 5.74) is 3.34. The zero-order chi connectivity index (χ0) is 22.7. The van der Waals surface area contributed by atoms with Crippen LogP contribution in [0.3, 0.4) is 0 Å². The van der Waals surface area contributed by atoms with Crippen molar-refractivity contribution in [2.45, 2.75) is 18.2 Å². The predicted octanol–water partition coefficient (Wildman–Crippen LogP) is 4.84. The van der Waals surface area contributed by atoms with Gasteiger partial charge in [-0.3, -0.25) is 19.7 Å². The Balaban J connectivity index is 1.46. The summed E-state index contributed by atoms with van der Waals surface area (Å²) in [5.74, 6) is -0.191. The Kier molecular flexibility index (Phi) is 6.23. The van der Waals surface area contributed by atoms with Gasteiger partial charge in [0, 0.05) is 34.4 Å². The molecule has 0 saturated carbocycles. The molecule has 3 aromatic carbocycles. The number of carbonyl (C=O) groups excluding carboxylic acids is 2. The van der Waals surface area contributed by atoms with Gasteiger partial charge in [0.1, 0.15) is 0 Å². The van der Waals surface area contributed by atoms with Crippen molar-refractivity contribution in [3.05, 3.63) is 93.5 Å². The fraction of sp³-hybridized carbons (Fsp3) is 0.167. The molecule has 0 aromatic heterocycles. The van der Waals surface area contributed by atoms with E-state index in [4.69, 9.17) is 0 Å². The Hall–Kier alpha value is -3.65. The first-order chi connectivity index (χ1) is 15.4. The van der Waals surface area contributed by atoms with Crippen LogP contribution in [-0.4, -0.2) is 29.0 Å². The minimum atomic E-state index is -0.475. The molecule has 0 spiro atoms. The molecule has 0 aliphatic carbocycles. The minimum Gasteiger partial charge on any atom is -0.322 e. The van der Waals surface area contributed by atoms with Gasteiger partial charge in [-0.05, 0) is 43.2 Å². The van der Waals surface area contributed by atoms with Gasteiger partial charge in [0.25, 0.3) is 11.6 Å². The summed E-state index contributed by atoms with van der Waals surface area (Å²) in [7, 11) is 0. The summed E-state index contributed by atoms with van der Waals surface area (Å²) >= 11 is 1.31. The molecule has 3 aromatic rings. The number of benzene rings is 3. The molecule has 1 N–H and O–H groups in total. The number of hydrogen-bond acceptors (Lipinski definition) is 5. The van der Waals surface area contributed by atoms with Crippen molar-refractivity contribution in [3.63, 3.8) is 0 Å². The fourth-order valence-electron chi connectivity index (χ4n) is 3.68. The highest BCUT2D eigenvalue weighted by Crippen LogP contribution is 2.30. The third-order valence-electron chi connectivity index (χ3n) is 5.33. The van der Waals surface area contributed by atoms with Crippen LogP contribution in [0.25, 0.3) is 0 Å². The van der Waals surface area contributed by atoms with Crippen LogP contribution in [0.1, 0.15) is 21.5 Å². The summed E-state index contributed by atoms with van der Waals surface area (Å²) in [4.78, 5) is 38.9. The van der Waals surface area contributed by atoms with Crippen molar-refractivity contribution in [2.75, 3.05) is 22.5 Å². The lowest BCUT2D eigenvalue weighted by Crippen LogP contribution is -2.30. The Morgan fingerprint density at radius 3 is 2.66 bits per heavy atom. The number of aryl methyl sites for hydroxylation is 1. The largest absolute Gasteiger partial charge is 0.322 e. The second-order valence-electron chi connectivity index (χ2n) is 7.42. The van der Waals surface area contributed by atoms with E-state index in [0.29, 0.717) is 28.3 Å². The molecule has 7 nitrogen and oxygen atoms in total. The number of amides is 2. The number of thioether (sulfide) groups is 1. The van der Waals surface area contributed by atoms with Crippen molar-refractivity contribution < 1.29 is 14.5 Å². The topological polar surface area (TPSA) is 92.6 Å². The molecule has 0 saturated heterocycles. The molecule has 0 fully saturated rings. The van der Waals surface area contributed by atoms with Crippen LogP contribution in [0, 0.1) is 17.0 Å². The van der Waals surface area contributed by atoms with Crippen molar-refractivity contribution in [1.82, 2.24) is 0 Å². The van der Waals surface area contributed by atoms with Crippen LogP contribution < -0.4 is 10.2 Å². The van der Waals surface area contributed by atoms with Gasteiger partial charge in [0.15, 0.2) is 0 Å². The van der Waals surface area contributed by atoms with E-state index in [-0.39, 0.29) is 23.3 Å². The third kappa shape index (κ3) is 4.50. The van der Waals surface area contributed by atoms with Crippen molar-refractivity contribution in [2.24, 2.45) is 0 Å². The zero-order valence-corrected chi connectivity index (χ0v) is 18.2. The minimum absolute atomic E-state index is 0.00989. The second-order valence-corrected chi connectivity index (χ2v) is 8.44. The van der Waals surface area contributed by atoms with E-state index >= 15 is 0 Å². The highest BCUT2D eigenvalue weighted by Gasteiger charge is 2.24. The van der Waals surface area contributed by atoms with E-state index in [1.807, 2.05) is 30.3 Å². The third-order valence-corrected chi connectivity index (χ3v) is 6.39. The molecule has 0 bridgehead atoms. The van der Waals surface area contributed by atoms with Crippen LogP contribution >= 0.6 is 11.8 Å². The maximum Gasteiger partial charge on any atom is 0.274 e. The van der Waals surface area contributed by atoms with Gasteiger partial charge < -0.3 is 10.2 Å². The van der Waals surface area contributed by atoms with Crippen LogP contribution in [0.15, 0.2) is 71.6 Å². The summed E-state index contributed by atoms with van der Waals surface area (Å²) in [6.07, 6.45) is 0.842. The monoisotopic (exact) mass is 447 g/mol. The van der Waals surface area contributed by atoms with E-state index in [2.05, 4.69) is 5.32 Å². The molecular formula is C24H21N3O4S. The summed E-state index contributed by atoms with van der Waals surface area (Å²) in [6, 6.07) is 19.5. The lowest BCUT2D eigenvalue weighted by Gasteiger charge is -2.17. The Labute approximate surface area is 189 Å². The first-order valence-electron chi connectivity index (χ1n) is 10.1. The number of anilines is 2. The van der Waals surface area contributed by atoms with E-state index < -0.39 is 4.92 Å². The van der Waals surface area contributed by atoms with E-state index in [0.717, 1.165) is 17.7 Å². The SMILES string of the molecule is Cc1ccc(NC(=O)c2ccccc2SCC(=O)N2CCc3ccccc32)cc1[N+](=O)[O-]. The zero-order valence-electron chi connectivity index (χ0n) is 17.4. The number of nitrogens with one attached hydrogen (secondary N) is 1. The number of hydrogen-bond donors (Lipinski definition) is 1. The average molecular weight is 448 g/mol. The van der Waals surface area contributed by atoms with Crippen molar-refractivity contribution in [3.8, 4) is 0 Å². The normalized spacial score (nSPS) is 12.3. The second kappa shape index (κ2) is 9.23. The standard InChI is InChI=1S/C24H21N3O4S/c1-16-10-11-18(14-21(16)27(30)31)25-24(29)19-7-3-5-9-22(19)32-15-23(28)26-13-12-17-6-2-4-8-20(17)26/h2-11,14H,12-13,15H2,1H3,(H,25,29). The number of nitrogens with zero attached hydrogens (tertiary/aromatic N) is 2. The van der Waals surface area contributed by atoms with Gasteiger partial charge in [-0.2, -0.15) is 0 Å². The molecule has 0 atom stereocenters. The molecular weight excluding hydrogens is 426 g/mol. The number of carbonyl (C=O) groups is 2. The number of rotatable bonds is 6. The van der Waals surface area contributed by atoms with Gasteiger partial charge >= 0.3 is 0 Å². The fourth-order valence-corrected chi connectivity index (χ4v) is 4.60. The molecule has 32 heavy (non-hydrogen) atoms. The Morgan fingerprint density at radius 1 is 1.09 bits per heavy atom. The number of nitro benzene ring substituents is 1. The quantitative estimate of drug-likeness (QED) is 0.332. The summed E-state index contributed by atoms with van der Waals surface area (Å²) < 4.78 is 0. The van der Waals surface area contributed by atoms with E-state index in [1.165, 1.54) is 17.8 Å². The Bertz CT molecular complexity index is 1210. The lowest BCUT2D eigenvalue weighted by molar-refractivity contribution is -0.385. The maximum absolute atomic E-state index is 12.9. The maximum atomic E-state index is 12.9. The van der Waals surface area contributed by atoms with Crippen molar-refractivity contribution >= 4 is 40.6 Å². The molecule has 162 valence electrons. The summed E-state index contributed by atoms with van der Waals surface area (Å²) in [5, 5.41) is 13.9. The van der Waals surface area contributed by atoms with Crippen LogP contribution in [0.5, 0.6) is 0 Å². The van der Waals surface area contributed by atoms with Gasteiger partial charge in [-0.1, -0.05) is 36.4 Å². The summed E-state index contributed by atoms with van der Waals surface area (Å²) in [6.45, 7) is 2.30.